The van der Waals surface area contributed by atoms with E-state index < -0.39 is 0 Å². The van der Waals surface area contributed by atoms with Crippen LogP contribution in [0.5, 0.6) is 0 Å². The maximum atomic E-state index is 5.02. The number of imidazole rings is 1. The van der Waals surface area contributed by atoms with E-state index in [9.17, 15) is 0 Å². The lowest BCUT2D eigenvalue weighted by Gasteiger charge is -2.12. The molecule has 7 rings (SSSR count). The number of aromatic nitrogens is 2. The van der Waals surface area contributed by atoms with E-state index in [1.54, 1.807) is 0 Å². The number of fused-ring (bicyclic) bond motifs is 2. The van der Waals surface area contributed by atoms with E-state index in [4.69, 9.17) is 4.98 Å². The summed E-state index contributed by atoms with van der Waals surface area (Å²) in [5.41, 5.74) is 9.18. The molecule has 0 aliphatic heterocycles. The normalized spacial score (nSPS) is 11.2. The van der Waals surface area contributed by atoms with Gasteiger partial charge in [-0.3, -0.25) is 4.57 Å². The van der Waals surface area contributed by atoms with E-state index in [0.29, 0.717) is 0 Å². The number of para-hydroxylation sites is 3. The van der Waals surface area contributed by atoms with Crippen LogP contribution in [0.25, 0.3) is 61.1 Å². The summed E-state index contributed by atoms with van der Waals surface area (Å²) in [6, 6.07) is 51.4. The molecule has 6 aromatic carbocycles. The summed E-state index contributed by atoms with van der Waals surface area (Å²) in [4.78, 5) is 5.02. The van der Waals surface area contributed by atoms with E-state index in [1.807, 2.05) is 12.1 Å². The molecule has 2 nitrogen and oxygen atoms in total. The molecular formula is C35H24N2. The zero-order chi connectivity index (χ0) is 24.6. The minimum absolute atomic E-state index is 0.947. The van der Waals surface area contributed by atoms with E-state index in [1.165, 1.54) is 33.0 Å². The van der Waals surface area contributed by atoms with E-state index in [2.05, 4.69) is 138 Å². The molecule has 174 valence electrons. The molecule has 0 amide bonds. The molecule has 0 bridgehead atoms. The van der Waals surface area contributed by atoms with Crippen molar-refractivity contribution in [1.29, 1.82) is 0 Å². The molecule has 0 fully saturated rings. The minimum atomic E-state index is 0.947. The van der Waals surface area contributed by atoms with Gasteiger partial charge >= 0.3 is 0 Å². The van der Waals surface area contributed by atoms with Crippen molar-refractivity contribution in [3.63, 3.8) is 0 Å². The maximum Gasteiger partial charge on any atom is 0.145 e. The fourth-order valence-corrected chi connectivity index (χ4v) is 5.20. The topological polar surface area (TPSA) is 17.8 Å². The monoisotopic (exact) mass is 472 g/mol. The molecule has 0 aliphatic carbocycles. The molecule has 0 aliphatic rings. The van der Waals surface area contributed by atoms with Gasteiger partial charge in [-0.25, -0.2) is 4.98 Å². The number of rotatable bonds is 4. The van der Waals surface area contributed by atoms with E-state index >= 15 is 0 Å². The second-order valence-corrected chi connectivity index (χ2v) is 9.28. The Labute approximate surface area is 216 Å². The van der Waals surface area contributed by atoms with Gasteiger partial charge in [0.05, 0.1) is 11.0 Å². The highest BCUT2D eigenvalue weighted by Gasteiger charge is 2.14. The summed E-state index contributed by atoms with van der Waals surface area (Å²) in [6.07, 6.45) is 0. The zero-order valence-electron chi connectivity index (χ0n) is 20.3. The summed E-state index contributed by atoms with van der Waals surface area (Å²) in [6.45, 7) is 0. The second-order valence-electron chi connectivity index (χ2n) is 9.28. The molecule has 0 saturated carbocycles. The number of benzene rings is 6. The average molecular weight is 473 g/mol. The highest BCUT2D eigenvalue weighted by atomic mass is 15.1. The van der Waals surface area contributed by atoms with Crippen molar-refractivity contribution in [2.24, 2.45) is 0 Å². The third-order valence-electron chi connectivity index (χ3n) is 7.00. The molecule has 0 N–H and O–H groups in total. The van der Waals surface area contributed by atoms with Gasteiger partial charge < -0.3 is 0 Å². The quantitative estimate of drug-likeness (QED) is 0.250. The van der Waals surface area contributed by atoms with Gasteiger partial charge in [-0.1, -0.05) is 109 Å². The molecule has 37 heavy (non-hydrogen) atoms. The first-order valence-electron chi connectivity index (χ1n) is 12.6. The molecule has 0 saturated heterocycles. The molecule has 0 radical (unpaired) electrons. The molecule has 2 heteroatoms. The van der Waals surface area contributed by atoms with Crippen LogP contribution in [0.4, 0.5) is 0 Å². The first-order valence-corrected chi connectivity index (χ1v) is 12.6. The smallest absolute Gasteiger partial charge is 0.145 e. The van der Waals surface area contributed by atoms with Crippen LogP contribution < -0.4 is 0 Å². The highest BCUT2D eigenvalue weighted by Crippen LogP contribution is 2.35. The van der Waals surface area contributed by atoms with Gasteiger partial charge in [0.1, 0.15) is 5.82 Å². The molecule has 1 heterocycles. The Morgan fingerprint density at radius 2 is 1.11 bits per heavy atom. The standard InChI is InChI=1S/C35H24N2/c1-3-11-26(12-4-1)32-24-29(23-28-13-7-8-16-31(28)32)25-19-21-27(22-20-25)35-36-33-17-9-10-18-34(33)37(35)30-14-5-2-6-15-30/h1-24H. The molecule has 0 atom stereocenters. The summed E-state index contributed by atoms with van der Waals surface area (Å²) in [7, 11) is 0. The van der Waals surface area contributed by atoms with E-state index in [-0.39, 0.29) is 0 Å². The van der Waals surface area contributed by atoms with Crippen molar-refractivity contribution in [3.05, 3.63) is 146 Å². The summed E-state index contributed by atoms with van der Waals surface area (Å²) in [5.74, 6) is 0.947. The van der Waals surface area contributed by atoms with Crippen molar-refractivity contribution >= 4 is 21.8 Å². The summed E-state index contributed by atoms with van der Waals surface area (Å²) >= 11 is 0. The molecule has 1 aromatic heterocycles. The SMILES string of the molecule is c1ccc(-c2cc(-c3ccc(-c4nc5ccccc5n4-c4ccccc4)cc3)cc3ccccc23)cc1. The fraction of sp³-hybridized carbons (Fsp3) is 0. The van der Waals surface area contributed by atoms with Crippen LogP contribution in [0.3, 0.4) is 0 Å². The molecular weight excluding hydrogens is 448 g/mol. The lowest BCUT2D eigenvalue weighted by molar-refractivity contribution is 1.10. The van der Waals surface area contributed by atoms with Gasteiger partial charge in [0.15, 0.2) is 0 Å². The lowest BCUT2D eigenvalue weighted by Crippen LogP contribution is -1.97. The summed E-state index contributed by atoms with van der Waals surface area (Å²) < 4.78 is 2.24. The maximum absolute atomic E-state index is 5.02. The van der Waals surface area contributed by atoms with Gasteiger partial charge in [-0.05, 0) is 69.4 Å². The Bertz CT molecular complexity index is 1850. The van der Waals surface area contributed by atoms with Crippen LogP contribution in [0.2, 0.25) is 0 Å². The fourth-order valence-electron chi connectivity index (χ4n) is 5.20. The van der Waals surface area contributed by atoms with Crippen LogP contribution in [-0.2, 0) is 0 Å². The predicted molar refractivity (Wildman–Crippen MR) is 155 cm³/mol. The Morgan fingerprint density at radius 3 is 1.92 bits per heavy atom. The van der Waals surface area contributed by atoms with Gasteiger partial charge in [-0.2, -0.15) is 0 Å². The van der Waals surface area contributed by atoms with Crippen molar-refractivity contribution in [3.8, 4) is 39.3 Å². The Balaban J connectivity index is 1.36. The van der Waals surface area contributed by atoms with Crippen LogP contribution in [0, 0.1) is 0 Å². The van der Waals surface area contributed by atoms with Crippen LogP contribution in [0.1, 0.15) is 0 Å². The Morgan fingerprint density at radius 1 is 0.459 bits per heavy atom. The third-order valence-corrected chi connectivity index (χ3v) is 7.00. The van der Waals surface area contributed by atoms with Crippen LogP contribution >= 0.6 is 0 Å². The zero-order valence-corrected chi connectivity index (χ0v) is 20.3. The van der Waals surface area contributed by atoms with E-state index in [0.717, 1.165) is 28.1 Å². The van der Waals surface area contributed by atoms with Gasteiger partial charge in [0, 0.05) is 11.3 Å². The van der Waals surface area contributed by atoms with Crippen molar-refractivity contribution < 1.29 is 0 Å². The lowest BCUT2D eigenvalue weighted by atomic mass is 9.93. The highest BCUT2D eigenvalue weighted by molar-refractivity contribution is 6.00. The van der Waals surface area contributed by atoms with Gasteiger partial charge in [-0.15, -0.1) is 0 Å². The molecule has 0 unspecified atom stereocenters. The van der Waals surface area contributed by atoms with Crippen molar-refractivity contribution in [2.45, 2.75) is 0 Å². The van der Waals surface area contributed by atoms with Crippen molar-refractivity contribution in [2.75, 3.05) is 0 Å². The van der Waals surface area contributed by atoms with Crippen LogP contribution in [0.15, 0.2) is 146 Å². The van der Waals surface area contributed by atoms with Crippen molar-refractivity contribution in [1.82, 2.24) is 9.55 Å². The largest absolute Gasteiger partial charge is 0.292 e. The number of nitrogens with zero attached hydrogens (tertiary/aromatic N) is 2. The first-order chi connectivity index (χ1) is 18.3. The minimum Gasteiger partial charge on any atom is -0.292 e. The number of hydrogen-bond acceptors (Lipinski definition) is 1. The van der Waals surface area contributed by atoms with Gasteiger partial charge in [0.25, 0.3) is 0 Å². The van der Waals surface area contributed by atoms with Gasteiger partial charge in [0.2, 0.25) is 0 Å². The third kappa shape index (κ3) is 3.80. The average Bonchev–Trinajstić information content (AvgIpc) is 3.37. The molecule has 7 aromatic rings. The number of hydrogen-bond donors (Lipinski definition) is 0. The first kappa shape index (κ1) is 21.3. The second kappa shape index (κ2) is 8.92. The Kier molecular flexibility index (Phi) is 5.15. The summed E-state index contributed by atoms with van der Waals surface area (Å²) in [5, 5.41) is 2.51. The molecule has 0 spiro atoms. The predicted octanol–water partition coefficient (Wildman–Crippen LogP) is 9.18. The Hall–Kier alpha value is -4.95. The van der Waals surface area contributed by atoms with Crippen LogP contribution in [-0.4, -0.2) is 9.55 Å².